The van der Waals surface area contributed by atoms with Crippen LogP contribution >= 0.6 is 0 Å². The number of ether oxygens (including phenoxy) is 1. The van der Waals surface area contributed by atoms with Gasteiger partial charge in [-0.3, -0.25) is 4.79 Å². The minimum absolute atomic E-state index is 0.0707. The summed E-state index contributed by atoms with van der Waals surface area (Å²) in [5.74, 6) is 1.19. The van der Waals surface area contributed by atoms with Gasteiger partial charge in [0, 0.05) is 56.4 Å². The molecule has 0 aliphatic carbocycles. The summed E-state index contributed by atoms with van der Waals surface area (Å²) in [5, 5.41) is 0. The highest BCUT2D eigenvalue weighted by Crippen LogP contribution is 2.31. The molecular weight excluding hydrogens is 445 g/mol. The van der Waals surface area contributed by atoms with Crippen LogP contribution in [0.25, 0.3) is 0 Å². The van der Waals surface area contributed by atoms with Gasteiger partial charge in [0.25, 0.3) is 6.47 Å². The van der Waals surface area contributed by atoms with E-state index in [0.29, 0.717) is 18.6 Å². The lowest BCUT2D eigenvalue weighted by atomic mass is 9.94. The van der Waals surface area contributed by atoms with Gasteiger partial charge in [0.2, 0.25) is 0 Å². The number of allylic oxidation sites excluding steroid dienone is 3. The van der Waals surface area contributed by atoms with Gasteiger partial charge in [0.15, 0.2) is 0 Å². The van der Waals surface area contributed by atoms with Crippen molar-refractivity contribution in [1.29, 1.82) is 0 Å². The highest BCUT2D eigenvalue weighted by Gasteiger charge is 2.30. The minimum atomic E-state index is -0.398. The van der Waals surface area contributed by atoms with E-state index in [1.807, 2.05) is 6.08 Å². The second-order valence-corrected chi connectivity index (χ2v) is 9.72. The zero-order chi connectivity index (χ0) is 25.8. The third kappa shape index (κ3) is 8.54. The fraction of sp³-hybridized carbons (Fsp3) is 0.704. The topological polar surface area (TPSA) is 76.6 Å². The predicted molar refractivity (Wildman–Crippen MR) is 140 cm³/mol. The van der Waals surface area contributed by atoms with Gasteiger partial charge in [0.05, 0.1) is 12.8 Å². The van der Waals surface area contributed by atoms with Gasteiger partial charge in [-0.25, -0.2) is 9.37 Å². The number of aryl methyl sites for hydroxylation is 1. The Kier molecular flexibility index (Phi) is 12.7. The molecule has 0 aromatic carbocycles. The molecule has 8 heteroatoms. The molecule has 2 aliphatic rings. The second kappa shape index (κ2) is 15.2. The van der Waals surface area contributed by atoms with Crippen LogP contribution in [-0.4, -0.2) is 78.4 Å². The summed E-state index contributed by atoms with van der Waals surface area (Å²) in [7, 11) is 3.50. The fourth-order valence-electron chi connectivity index (χ4n) is 5.28. The van der Waals surface area contributed by atoms with Crippen molar-refractivity contribution >= 4 is 6.47 Å². The van der Waals surface area contributed by atoms with Crippen molar-refractivity contribution in [2.45, 2.75) is 84.0 Å². The highest BCUT2D eigenvalue weighted by molar-refractivity contribution is 5.36. The van der Waals surface area contributed by atoms with E-state index >= 15 is 0 Å². The number of rotatable bonds is 10. The average Bonchev–Trinajstić information content (AvgIpc) is 3.19. The summed E-state index contributed by atoms with van der Waals surface area (Å²) >= 11 is 0. The second-order valence-electron chi connectivity index (χ2n) is 9.72. The summed E-state index contributed by atoms with van der Waals surface area (Å²) < 4.78 is 18.6. The number of fused-ring (bicyclic) bond motifs is 1. The molecular formula is C27H46FN5O2. The molecule has 35 heavy (non-hydrogen) atoms. The number of piperidine rings is 1. The van der Waals surface area contributed by atoms with Crippen LogP contribution in [0.15, 0.2) is 23.8 Å². The first-order valence-corrected chi connectivity index (χ1v) is 12.9. The number of halogens is 1. The monoisotopic (exact) mass is 491 g/mol. The van der Waals surface area contributed by atoms with Crippen molar-refractivity contribution in [2.75, 3.05) is 40.5 Å². The Labute approximate surface area is 211 Å². The van der Waals surface area contributed by atoms with Crippen LogP contribution in [0.4, 0.5) is 4.39 Å². The maximum Gasteiger partial charge on any atom is 0.292 e. The molecule has 7 nitrogen and oxygen atoms in total. The Morgan fingerprint density at radius 1 is 1.29 bits per heavy atom. The molecule has 1 fully saturated rings. The van der Waals surface area contributed by atoms with Gasteiger partial charge in [0.1, 0.15) is 12.5 Å². The standard InChI is InChI=1S/C25H42FN5.C2H4O2/c1-5-21(17-23(27)19(2)9-7-6-8-13-26)30-15-10-22(11-16-30)31-20(3)28-24-18-29(4)14-12-25(24)31;1-4-2-3/h6,8-9,21-23H,5,7,10-18,27H2,1-4H3;2H,1H3/b8-6-,19-9+;. The largest absolute Gasteiger partial charge is 0.471 e. The molecule has 1 saturated heterocycles. The maximum atomic E-state index is 12.2. The van der Waals surface area contributed by atoms with Gasteiger partial charge in [-0.05, 0) is 53.0 Å². The molecule has 3 heterocycles. The minimum Gasteiger partial charge on any atom is -0.471 e. The third-order valence-electron chi connectivity index (χ3n) is 7.31. The van der Waals surface area contributed by atoms with Crippen LogP contribution in [0, 0.1) is 6.92 Å². The fourth-order valence-corrected chi connectivity index (χ4v) is 5.28. The Bertz CT molecular complexity index is 830. The van der Waals surface area contributed by atoms with Gasteiger partial charge < -0.3 is 24.8 Å². The molecule has 198 valence electrons. The Balaban J connectivity index is 0.00000100. The van der Waals surface area contributed by atoms with E-state index in [-0.39, 0.29) is 6.04 Å². The number of likely N-dealkylation sites (tertiary alicyclic amines) is 1. The van der Waals surface area contributed by atoms with Crippen LogP contribution in [0.5, 0.6) is 0 Å². The number of likely N-dealkylation sites (N-methyl/N-ethyl adjacent to an activating group) is 1. The van der Waals surface area contributed by atoms with Crippen molar-refractivity contribution in [2.24, 2.45) is 5.73 Å². The summed E-state index contributed by atoms with van der Waals surface area (Å²) in [4.78, 5) is 18.9. The van der Waals surface area contributed by atoms with Crippen LogP contribution in [-0.2, 0) is 22.5 Å². The quantitative estimate of drug-likeness (QED) is 0.394. The lowest BCUT2D eigenvalue weighted by Crippen LogP contribution is -2.44. The van der Waals surface area contributed by atoms with Crippen molar-refractivity contribution in [1.82, 2.24) is 19.4 Å². The van der Waals surface area contributed by atoms with E-state index in [9.17, 15) is 4.39 Å². The number of alkyl halides is 1. The number of nitrogens with two attached hydrogens (primary N) is 1. The maximum absolute atomic E-state index is 12.2. The molecule has 2 unspecified atom stereocenters. The molecule has 2 aliphatic heterocycles. The average molecular weight is 492 g/mol. The first-order valence-electron chi connectivity index (χ1n) is 12.9. The number of nitrogens with zero attached hydrogens (tertiary/aromatic N) is 4. The molecule has 0 spiro atoms. The van der Waals surface area contributed by atoms with Crippen LogP contribution in [0.2, 0.25) is 0 Å². The predicted octanol–water partition coefficient (Wildman–Crippen LogP) is 3.96. The van der Waals surface area contributed by atoms with E-state index in [4.69, 9.17) is 15.5 Å². The number of hydrogen-bond donors (Lipinski definition) is 1. The van der Waals surface area contributed by atoms with Crippen molar-refractivity contribution in [3.63, 3.8) is 0 Å². The van der Waals surface area contributed by atoms with Crippen LogP contribution in [0.1, 0.15) is 69.2 Å². The number of carbonyl (C=O) groups excluding carboxylic acids is 1. The Morgan fingerprint density at radius 2 is 1.97 bits per heavy atom. The zero-order valence-corrected chi connectivity index (χ0v) is 22.4. The number of imidazole rings is 1. The summed E-state index contributed by atoms with van der Waals surface area (Å²) in [5.41, 5.74) is 10.5. The van der Waals surface area contributed by atoms with E-state index in [2.05, 4.69) is 53.0 Å². The van der Waals surface area contributed by atoms with Gasteiger partial charge in [-0.15, -0.1) is 0 Å². The summed E-state index contributed by atoms with van der Waals surface area (Å²) in [6.45, 7) is 10.9. The summed E-state index contributed by atoms with van der Waals surface area (Å²) in [6.07, 6.45) is 11.9. The van der Waals surface area contributed by atoms with Gasteiger partial charge in [-0.2, -0.15) is 0 Å². The van der Waals surface area contributed by atoms with E-state index in [1.165, 1.54) is 42.7 Å². The van der Waals surface area contributed by atoms with Gasteiger partial charge in [-0.1, -0.05) is 30.7 Å². The third-order valence-corrected chi connectivity index (χ3v) is 7.31. The summed E-state index contributed by atoms with van der Waals surface area (Å²) in [6, 6.07) is 1.17. The Morgan fingerprint density at radius 3 is 2.57 bits per heavy atom. The van der Waals surface area contributed by atoms with E-state index in [0.717, 1.165) is 51.9 Å². The zero-order valence-electron chi connectivity index (χ0n) is 22.4. The molecule has 0 saturated carbocycles. The number of aromatic nitrogens is 2. The number of hydrogen-bond acceptors (Lipinski definition) is 6. The van der Waals surface area contributed by atoms with Crippen LogP contribution < -0.4 is 5.73 Å². The first-order chi connectivity index (χ1) is 16.9. The van der Waals surface area contributed by atoms with E-state index in [1.54, 1.807) is 6.08 Å². The number of methoxy groups -OCH3 is 1. The number of carbonyl (C=O) groups is 1. The normalized spacial score (nSPS) is 19.7. The van der Waals surface area contributed by atoms with Crippen LogP contribution in [0.3, 0.4) is 0 Å². The lowest BCUT2D eigenvalue weighted by Gasteiger charge is -2.39. The Hall–Kier alpha value is -2.03. The molecule has 2 N–H and O–H groups in total. The highest BCUT2D eigenvalue weighted by atomic mass is 19.1. The molecule has 1 aromatic rings. The smallest absolute Gasteiger partial charge is 0.292 e. The van der Waals surface area contributed by atoms with Crippen molar-refractivity contribution < 1.29 is 13.9 Å². The molecule has 0 radical (unpaired) electrons. The van der Waals surface area contributed by atoms with E-state index < -0.39 is 6.67 Å². The lowest BCUT2D eigenvalue weighted by molar-refractivity contribution is -0.126. The molecule has 0 amide bonds. The first kappa shape index (κ1) is 29.2. The SMILES string of the molecule is CCC(CC(N)/C(C)=C/C/C=C\CF)N1CCC(n2c(C)nc3c2CCN(C)C3)CC1.COC=O. The van der Waals surface area contributed by atoms with Gasteiger partial charge >= 0.3 is 0 Å². The molecule has 0 bridgehead atoms. The van der Waals surface area contributed by atoms with Crippen molar-refractivity contribution in [3.05, 3.63) is 41.0 Å². The molecule has 2 atom stereocenters. The molecule has 3 rings (SSSR count). The van der Waals surface area contributed by atoms with Crippen molar-refractivity contribution in [3.8, 4) is 0 Å². The molecule has 1 aromatic heterocycles.